The van der Waals surface area contributed by atoms with Crippen LogP contribution in [0.15, 0.2) is 150 Å². The fourth-order valence-electron chi connectivity index (χ4n) is 6.50. The van der Waals surface area contributed by atoms with Crippen LogP contribution in [0.4, 0.5) is 0 Å². The highest BCUT2D eigenvalue weighted by Gasteiger charge is 2.34. The van der Waals surface area contributed by atoms with Gasteiger partial charge in [0.25, 0.3) is 0 Å². The summed E-state index contributed by atoms with van der Waals surface area (Å²) in [6.45, 7) is 0.718. The summed E-state index contributed by atoms with van der Waals surface area (Å²) in [4.78, 5) is 12.6. The molecule has 2 aliphatic rings. The molecule has 0 saturated carbocycles. The van der Waals surface area contributed by atoms with E-state index in [-0.39, 0.29) is 24.2 Å². The zero-order valence-electron chi connectivity index (χ0n) is 24.8. The fourth-order valence-corrected chi connectivity index (χ4v) is 6.50. The minimum Gasteiger partial charge on any atom is -0.497 e. The maximum atomic E-state index is 5.79. The molecular weight excluding hydrogens is 540 g/mol. The minimum atomic E-state index is 0.0149. The molecule has 5 aromatic rings. The molecule has 2 heterocycles. The molecule has 0 spiro atoms. The number of nitrogens with zero attached hydrogens (tertiary/aromatic N) is 3. The van der Waals surface area contributed by atoms with E-state index in [1.807, 2.05) is 6.34 Å². The molecule has 0 aromatic heterocycles. The number of nitrogens with one attached hydrogen (secondary N) is 1. The molecule has 4 atom stereocenters. The number of methoxy groups -OCH3 is 1. The first-order valence-corrected chi connectivity index (χ1v) is 15.2. The van der Waals surface area contributed by atoms with Crippen molar-refractivity contribution in [2.24, 2.45) is 9.98 Å². The third kappa shape index (κ3) is 5.86. The highest BCUT2D eigenvalue weighted by Crippen LogP contribution is 2.41. The van der Waals surface area contributed by atoms with Crippen LogP contribution in [0, 0.1) is 0 Å². The standard InChI is InChI=1S/C39H36N4O/c1-44-34-23-28(25-35-41-36(30-14-6-2-7-15-30)37(42-35)31-16-8-3-9-17-31)22-29(24-34)26-43-27-40-38(32-18-10-4-11-19-32)39(43)33-20-12-5-13-21-33/h2-24,27,36-39H,25-26H2,1H3,(H,41,42). The van der Waals surface area contributed by atoms with Crippen LogP contribution in [-0.4, -0.2) is 24.2 Å². The third-order valence-electron chi connectivity index (χ3n) is 8.55. The van der Waals surface area contributed by atoms with Gasteiger partial charge < -0.3 is 15.0 Å². The van der Waals surface area contributed by atoms with Crippen LogP contribution in [0.2, 0.25) is 0 Å². The van der Waals surface area contributed by atoms with Crippen molar-refractivity contribution in [1.82, 2.24) is 10.2 Å². The van der Waals surface area contributed by atoms with E-state index in [0.717, 1.165) is 23.7 Å². The Kier molecular flexibility index (Phi) is 7.92. The lowest BCUT2D eigenvalue weighted by molar-refractivity contribution is 0.309. The summed E-state index contributed by atoms with van der Waals surface area (Å²) in [5.74, 6) is 1.84. The average Bonchev–Trinajstić information content (AvgIpc) is 3.71. The number of ether oxygens (including phenoxy) is 1. The van der Waals surface area contributed by atoms with Crippen molar-refractivity contribution in [3.8, 4) is 5.75 Å². The van der Waals surface area contributed by atoms with Crippen molar-refractivity contribution < 1.29 is 4.74 Å². The van der Waals surface area contributed by atoms with Crippen LogP contribution in [0.3, 0.4) is 0 Å². The third-order valence-corrected chi connectivity index (χ3v) is 8.55. The van der Waals surface area contributed by atoms with Crippen molar-refractivity contribution in [2.75, 3.05) is 7.11 Å². The zero-order valence-corrected chi connectivity index (χ0v) is 24.8. The van der Waals surface area contributed by atoms with Crippen LogP contribution in [0.1, 0.15) is 57.5 Å². The first-order chi connectivity index (χ1) is 21.7. The maximum Gasteiger partial charge on any atom is 0.119 e. The largest absolute Gasteiger partial charge is 0.497 e. The lowest BCUT2D eigenvalue weighted by Crippen LogP contribution is -2.26. The smallest absolute Gasteiger partial charge is 0.119 e. The van der Waals surface area contributed by atoms with Gasteiger partial charge in [0.1, 0.15) is 23.7 Å². The molecule has 218 valence electrons. The number of benzene rings is 5. The van der Waals surface area contributed by atoms with Crippen LogP contribution < -0.4 is 10.1 Å². The van der Waals surface area contributed by atoms with E-state index in [0.29, 0.717) is 6.42 Å². The Morgan fingerprint density at radius 3 is 1.80 bits per heavy atom. The van der Waals surface area contributed by atoms with Gasteiger partial charge in [-0.3, -0.25) is 9.98 Å². The predicted molar refractivity (Wildman–Crippen MR) is 178 cm³/mol. The lowest BCUT2D eigenvalue weighted by atomic mass is 9.93. The van der Waals surface area contributed by atoms with E-state index in [1.54, 1.807) is 7.11 Å². The van der Waals surface area contributed by atoms with Crippen LogP contribution in [0.25, 0.3) is 0 Å². The van der Waals surface area contributed by atoms with Gasteiger partial charge >= 0.3 is 0 Å². The second-order valence-electron chi connectivity index (χ2n) is 11.5. The van der Waals surface area contributed by atoms with E-state index in [4.69, 9.17) is 14.7 Å². The predicted octanol–water partition coefficient (Wildman–Crippen LogP) is 8.05. The van der Waals surface area contributed by atoms with Crippen molar-refractivity contribution in [3.05, 3.63) is 173 Å². The summed E-state index contributed by atoms with van der Waals surface area (Å²) >= 11 is 0. The van der Waals surface area contributed by atoms with Crippen molar-refractivity contribution in [1.29, 1.82) is 0 Å². The zero-order chi connectivity index (χ0) is 29.7. The number of aliphatic imine (C=N–C) groups is 2. The Bertz CT molecular complexity index is 1740. The number of hydrogen-bond donors (Lipinski definition) is 1. The lowest BCUT2D eigenvalue weighted by Gasteiger charge is -2.29. The Hall–Kier alpha value is -5.16. The van der Waals surface area contributed by atoms with Gasteiger partial charge in [-0.15, -0.1) is 0 Å². The van der Waals surface area contributed by atoms with Crippen LogP contribution >= 0.6 is 0 Å². The molecule has 1 N–H and O–H groups in total. The summed E-state index contributed by atoms with van der Waals surface area (Å²) < 4.78 is 5.79. The fraction of sp³-hybridized carbons (Fsp3) is 0.179. The second kappa shape index (κ2) is 12.6. The molecule has 2 aliphatic heterocycles. The van der Waals surface area contributed by atoms with Crippen LogP contribution in [-0.2, 0) is 13.0 Å². The van der Waals surface area contributed by atoms with Gasteiger partial charge in [-0.25, -0.2) is 0 Å². The van der Waals surface area contributed by atoms with Gasteiger partial charge in [-0.05, 0) is 45.5 Å². The highest BCUT2D eigenvalue weighted by molar-refractivity contribution is 5.87. The Balaban J connectivity index is 1.16. The summed E-state index contributed by atoms with van der Waals surface area (Å²) in [5, 5.41) is 3.76. The first-order valence-electron chi connectivity index (χ1n) is 15.2. The molecule has 44 heavy (non-hydrogen) atoms. The van der Waals surface area contributed by atoms with Gasteiger partial charge in [0.05, 0.1) is 25.5 Å². The Morgan fingerprint density at radius 2 is 1.18 bits per heavy atom. The second-order valence-corrected chi connectivity index (χ2v) is 11.5. The molecule has 5 nitrogen and oxygen atoms in total. The van der Waals surface area contributed by atoms with E-state index >= 15 is 0 Å². The van der Waals surface area contributed by atoms with Gasteiger partial charge in [0, 0.05) is 13.0 Å². The topological polar surface area (TPSA) is 49.2 Å². The first kappa shape index (κ1) is 27.7. The maximum absolute atomic E-state index is 5.79. The Morgan fingerprint density at radius 1 is 0.636 bits per heavy atom. The molecular formula is C39H36N4O. The van der Waals surface area contributed by atoms with Gasteiger partial charge in [0.2, 0.25) is 0 Å². The molecule has 0 amide bonds. The normalized spacial score (nSPS) is 20.8. The molecule has 0 bridgehead atoms. The molecule has 0 fully saturated rings. The number of rotatable bonds is 9. The summed E-state index contributed by atoms with van der Waals surface area (Å²) in [5.41, 5.74) is 7.27. The number of amidine groups is 1. The van der Waals surface area contributed by atoms with Crippen molar-refractivity contribution in [2.45, 2.75) is 37.1 Å². The molecule has 7 rings (SSSR count). The van der Waals surface area contributed by atoms with Crippen molar-refractivity contribution >= 4 is 12.2 Å². The minimum absolute atomic E-state index is 0.0149. The summed E-state index contributed by atoms with van der Waals surface area (Å²) in [6, 6.07) is 49.2. The number of hydrogen-bond acceptors (Lipinski definition) is 5. The highest BCUT2D eigenvalue weighted by atomic mass is 16.5. The molecule has 4 unspecified atom stereocenters. The molecule has 0 radical (unpaired) electrons. The van der Waals surface area contributed by atoms with Gasteiger partial charge in [-0.1, -0.05) is 127 Å². The quantitative estimate of drug-likeness (QED) is 0.193. The average molecular weight is 577 g/mol. The van der Waals surface area contributed by atoms with E-state index < -0.39 is 0 Å². The van der Waals surface area contributed by atoms with Crippen molar-refractivity contribution in [3.63, 3.8) is 0 Å². The molecule has 5 heteroatoms. The SMILES string of the molecule is COc1cc(CC2=NC(c3ccccc3)C(c3ccccc3)N2)cc(CN2C=NC(c3ccccc3)C2c2ccccc2)c1. The molecule has 5 aromatic carbocycles. The summed E-state index contributed by atoms with van der Waals surface area (Å²) in [7, 11) is 1.74. The molecule has 0 aliphatic carbocycles. The van der Waals surface area contributed by atoms with E-state index in [9.17, 15) is 0 Å². The van der Waals surface area contributed by atoms with Crippen LogP contribution in [0.5, 0.6) is 5.75 Å². The molecule has 0 saturated heterocycles. The Labute approximate surface area is 259 Å². The van der Waals surface area contributed by atoms with Gasteiger partial charge in [-0.2, -0.15) is 0 Å². The van der Waals surface area contributed by atoms with Gasteiger partial charge in [0.15, 0.2) is 0 Å². The summed E-state index contributed by atoms with van der Waals surface area (Å²) in [6.07, 6.45) is 2.71. The van der Waals surface area contributed by atoms with E-state index in [2.05, 4.69) is 150 Å². The monoisotopic (exact) mass is 576 g/mol. The van der Waals surface area contributed by atoms with E-state index in [1.165, 1.54) is 27.8 Å².